The van der Waals surface area contributed by atoms with Gasteiger partial charge in [-0.1, -0.05) is 12.1 Å². The summed E-state index contributed by atoms with van der Waals surface area (Å²) in [5.74, 6) is 2.81. The van der Waals surface area contributed by atoms with Gasteiger partial charge in [-0.15, -0.1) is 22.0 Å². The number of hydrogen-bond acceptors (Lipinski definition) is 4. The van der Waals surface area contributed by atoms with Crippen molar-refractivity contribution < 1.29 is 0 Å². The molecule has 0 aliphatic heterocycles. The molecule has 0 aliphatic rings. The Balaban J connectivity index is 2.01. The third kappa shape index (κ3) is 3.11. The zero-order chi connectivity index (χ0) is 13.0. The number of aromatic nitrogens is 3. The van der Waals surface area contributed by atoms with Crippen LogP contribution < -0.4 is 5.32 Å². The molecule has 4 nitrogen and oxygen atoms in total. The van der Waals surface area contributed by atoms with Gasteiger partial charge in [-0.05, 0) is 31.7 Å². The molecule has 18 heavy (non-hydrogen) atoms. The lowest BCUT2D eigenvalue weighted by atomic mass is 10.2. The van der Waals surface area contributed by atoms with Crippen LogP contribution in [0, 0.1) is 6.92 Å². The smallest absolute Gasteiger partial charge is 0.143 e. The summed E-state index contributed by atoms with van der Waals surface area (Å²) in [5, 5.41) is 11.4. The molecule has 1 heterocycles. The highest BCUT2D eigenvalue weighted by Crippen LogP contribution is 2.22. The van der Waals surface area contributed by atoms with Crippen molar-refractivity contribution in [3.63, 3.8) is 0 Å². The van der Waals surface area contributed by atoms with Gasteiger partial charge in [-0.3, -0.25) is 0 Å². The van der Waals surface area contributed by atoms with Crippen molar-refractivity contribution in [2.75, 3.05) is 7.05 Å². The highest BCUT2D eigenvalue weighted by molar-refractivity contribution is 7.98. The Bertz CT molecular complexity index is 521. The molecule has 0 fully saturated rings. The summed E-state index contributed by atoms with van der Waals surface area (Å²) in [6.07, 6.45) is 0. The number of thioether (sulfide) groups is 1. The zero-order valence-electron chi connectivity index (χ0n) is 11.0. The van der Waals surface area contributed by atoms with Crippen LogP contribution in [0.3, 0.4) is 0 Å². The summed E-state index contributed by atoms with van der Waals surface area (Å²) in [7, 11) is 3.96. The number of nitrogens with one attached hydrogen (secondary N) is 1. The van der Waals surface area contributed by atoms with Crippen LogP contribution in [-0.2, 0) is 19.3 Å². The van der Waals surface area contributed by atoms with Gasteiger partial charge in [0, 0.05) is 18.5 Å². The van der Waals surface area contributed by atoms with Gasteiger partial charge in [0.1, 0.15) is 11.6 Å². The third-order valence-electron chi connectivity index (χ3n) is 2.83. The minimum atomic E-state index is 0.848. The fourth-order valence-corrected chi connectivity index (χ4v) is 2.63. The van der Waals surface area contributed by atoms with Crippen molar-refractivity contribution in [3.05, 3.63) is 41.5 Å². The predicted molar refractivity (Wildman–Crippen MR) is 74.5 cm³/mol. The van der Waals surface area contributed by atoms with E-state index < -0.39 is 0 Å². The summed E-state index contributed by atoms with van der Waals surface area (Å²) >= 11 is 1.79. The molecule has 0 radical (unpaired) electrons. The van der Waals surface area contributed by atoms with Crippen molar-refractivity contribution in [3.8, 4) is 0 Å². The minimum Gasteiger partial charge on any atom is -0.318 e. The number of nitrogens with zero attached hydrogens (tertiary/aromatic N) is 3. The maximum atomic E-state index is 4.17. The molecule has 2 aromatic rings. The lowest BCUT2D eigenvalue weighted by molar-refractivity contribution is 0.814. The van der Waals surface area contributed by atoms with Crippen LogP contribution in [0.5, 0.6) is 0 Å². The Labute approximate surface area is 112 Å². The summed E-state index contributed by atoms with van der Waals surface area (Å²) in [4.78, 5) is 1.27. The van der Waals surface area contributed by atoms with Gasteiger partial charge >= 0.3 is 0 Å². The van der Waals surface area contributed by atoms with E-state index in [2.05, 4.69) is 39.8 Å². The number of aryl methyl sites for hydroxylation is 1. The molecule has 0 spiro atoms. The normalized spacial score (nSPS) is 10.8. The van der Waals surface area contributed by atoms with Gasteiger partial charge in [-0.25, -0.2) is 0 Å². The summed E-state index contributed by atoms with van der Waals surface area (Å²) in [6, 6.07) is 8.57. The fourth-order valence-electron chi connectivity index (χ4n) is 1.67. The molecule has 96 valence electrons. The second kappa shape index (κ2) is 6.02. The molecule has 1 aromatic carbocycles. The van der Waals surface area contributed by atoms with E-state index in [9.17, 15) is 0 Å². The average molecular weight is 262 g/mol. The van der Waals surface area contributed by atoms with Crippen molar-refractivity contribution in [1.29, 1.82) is 0 Å². The predicted octanol–water partition coefficient (Wildman–Crippen LogP) is 2.14. The molecule has 5 heteroatoms. The highest BCUT2D eigenvalue weighted by Gasteiger charge is 2.05. The van der Waals surface area contributed by atoms with E-state index in [1.54, 1.807) is 11.8 Å². The van der Waals surface area contributed by atoms with E-state index in [4.69, 9.17) is 0 Å². The van der Waals surface area contributed by atoms with Gasteiger partial charge in [0.2, 0.25) is 0 Å². The molecule has 0 unspecified atom stereocenters. The zero-order valence-corrected chi connectivity index (χ0v) is 11.8. The lowest BCUT2D eigenvalue weighted by Crippen LogP contribution is -2.04. The van der Waals surface area contributed by atoms with Crippen molar-refractivity contribution in [1.82, 2.24) is 20.1 Å². The fraction of sp³-hybridized carbons (Fsp3) is 0.385. The first-order chi connectivity index (χ1) is 8.70. The average Bonchev–Trinajstić information content (AvgIpc) is 2.69. The second-order valence-electron chi connectivity index (χ2n) is 4.19. The Hall–Kier alpha value is -1.33. The molecular weight excluding hydrogens is 244 g/mol. The maximum Gasteiger partial charge on any atom is 0.143 e. The maximum absolute atomic E-state index is 4.17. The lowest BCUT2D eigenvalue weighted by Gasteiger charge is -2.05. The van der Waals surface area contributed by atoms with Crippen molar-refractivity contribution in [2.45, 2.75) is 24.1 Å². The molecule has 0 saturated carbocycles. The molecule has 1 N–H and O–H groups in total. The van der Waals surface area contributed by atoms with Crippen LogP contribution >= 0.6 is 11.8 Å². The first kappa shape index (κ1) is 13.1. The monoisotopic (exact) mass is 262 g/mol. The van der Waals surface area contributed by atoms with Crippen LogP contribution in [0.2, 0.25) is 0 Å². The largest absolute Gasteiger partial charge is 0.318 e. The molecule has 0 saturated heterocycles. The quantitative estimate of drug-likeness (QED) is 0.838. The van der Waals surface area contributed by atoms with E-state index in [1.807, 2.05) is 25.6 Å². The van der Waals surface area contributed by atoms with Gasteiger partial charge in [0.25, 0.3) is 0 Å². The van der Waals surface area contributed by atoms with Crippen molar-refractivity contribution >= 4 is 11.8 Å². The van der Waals surface area contributed by atoms with E-state index in [0.29, 0.717) is 0 Å². The van der Waals surface area contributed by atoms with Crippen LogP contribution in [0.25, 0.3) is 0 Å². The van der Waals surface area contributed by atoms with Crippen LogP contribution in [0.4, 0.5) is 0 Å². The highest BCUT2D eigenvalue weighted by atomic mass is 32.2. The molecule has 0 aliphatic carbocycles. The van der Waals surface area contributed by atoms with Gasteiger partial charge < -0.3 is 9.88 Å². The first-order valence-electron chi connectivity index (χ1n) is 5.92. The van der Waals surface area contributed by atoms with E-state index in [-0.39, 0.29) is 0 Å². The Morgan fingerprint density at radius 1 is 1.33 bits per heavy atom. The third-order valence-corrected chi connectivity index (χ3v) is 3.82. The Kier molecular flexibility index (Phi) is 4.38. The number of benzene rings is 1. The van der Waals surface area contributed by atoms with E-state index >= 15 is 0 Å². The number of hydrogen-bond donors (Lipinski definition) is 1. The van der Waals surface area contributed by atoms with Gasteiger partial charge in [0.05, 0.1) is 5.75 Å². The van der Waals surface area contributed by atoms with Crippen LogP contribution in [0.1, 0.15) is 17.2 Å². The van der Waals surface area contributed by atoms with Gasteiger partial charge in [-0.2, -0.15) is 0 Å². The van der Waals surface area contributed by atoms with Crippen LogP contribution in [-0.4, -0.2) is 21.8 Å². The Morgan fingerprint density at radius 3 is 2.83 bits per heavy atom. The summed E-state index contributed by atoms with van der Waals surface area (Å²) in [6.45, 7) is 2.87. The van der Waals surface area contributed by atoms with Gasteiger partial charge in [0.15, 0.2) is 0 Å². The number of rotatable bonds is 5. The summed E-state index contributed by atoms with van der Waals surface area (Å²) in [5.41, 5.74) is 1.30. The minimum absolute atomic E-state index is 0.848. The van der Waals surface area contributed by atoms with E-state index in [0.717, 1.165) is 23.9 Å². The summed E-state index contributed by atoms with van der Waals surface area (Å²) < 4.78 is 2.03. The molecule has 0 atom stereocenters. The molecular formula is C13H18N4S. The molecule has 0 amide bonds. The first-order valence-corrected chi connectivity index (χ1v) is 6.90. The van der Waals surface area contributed by atoms with Crippen molar-refractivity contribution in [2.24, 2.45) is 7.05 Å². The molecule has 1 aromatic heterocycles. The Morgan fingerprint density at radius 2 is 2.17 bits per heavy atom. The molecule has 2 rings (SSSR count). The van der Waals surface area contributed by atoms with Crippen LogP contribution in [0.15, 0.2) is 29.2 Å². The van der Waals surface area contributed by atoms with E-state index in [1.165, 1.54) is 10.5 Å². The topological polar surface area (TPSA) is 42.7 Å². The second-order valence-corrected chi connectivity index (χ2v) is 5.24. The molecule has 0 bridgehead atoms. The SMILES string of the molecule is CNCc1cccc(SCc2nnc(C)n2C)c1. The standard InChI is InChI=1S/C13H18N4S/c1-10-15-16-13(17(10)3)9-18-12-6-4-5-11(7-12)8-14-2/h4-7,14H,8-9H2,1-3H3.